The number of aromatic nitrogens is 5. The molecular formula is C32H47N7O3. The number of hydrogen-bond acceptors (Lipinski definition) is 7. The molecule has 10 nitrogen and oxygen atoms in total. The van der Waals surface area contributed by atoms with Gasteiger partial charge in [-0.05, 0) is 43.7 Å². The van der Waals surface area contributed by atoms with Crippen LogP contribution in [0, 0.1) is 11.8 Å². The van der Waals surface area contributed by atoms with Gasteiger partial charge in [-0.1, -0.05) is 65.7 Å². The average Bonchev–Trinajstić information content (AvgIpc) is 3.40. The number of nitrogens with one attached hydrogen (secondary N) is 2. The van der Waals surface area contributed by atoms with Crippen molar-refractivity contribution in [1.29, 1.82) is 0 Å². The second kappa shape index (κ2) is 15.7. The topological polar surface area (TPSA) is 134 Å². The number of hydrogen-bond donors (Lipinski definition) is 3. The number of fused-ring (bicyclic) bond motifs is 1. The first kappa shape index (κ1) is 31.5. The molecular weight excluding hydrogens is 530 g/mol. The van der Waals surface area contributed by atoms with Crippen LogP contribution < -0.4 is 10.6 Å². The molecule has 0 saturated heterocycles. The molecule has 0 radical (unpaired) electrons. The Morgan fingerprint density at radius 3 is 2.67 bits per heavy atom. The number of unbranched alkanes of at least 4 members (excludes halogenated alkanes) is 1. The van der Waals surface area contributed by atoms with E-state index in [1.165, 1.54) is 19.3 Å². The van der Waals surface area contributed by atoms with Crippen LogP contribution in [0.25, 0.3) is 16.9 Å². The molecule has 1 aliphatic carbocycles. The highest BCUT2D eigenvalue weighted by Gasteiger charge is 2.29. The van der Waals surface area contributed by atoms with Crippen LogP contribution in [0.5, 0.6) is 0 Å². The summed E-state index contributed by atoms with van der Waals surface area (Å²) in [5.41, 5.74) is 3.10. The van der Waals surface area contributed by atoms with Crippen LogP contribution >= 0.6 is 0 Å². The molecule has 42 heavy (non-hydrogen) atoms. The first-order valence-electron chi connectivity index (χ1n) is 15.8. The summed E-state index contributed by atoms with van der Waals surface area (Å²) < 4.78 is 1.86. The minimum atomic E-state index is -0.824. The van der Waals surface area contributed by atoms with Gasteiger partial charge in [0.05, 0.1) is 30.0 Å². The lowest BCUT2D eigenvalue weighted by atomic mass is 9.82. The van der Waals surface area contributed by atoms with Gasteiger partial charge in [0.25, 0.3) is 0 Å². The summed E-state index contributed by atoms with van der Waals surface area (Å²) in [6, 6.07) is 3.39. The van der Waals surface area contributed by atoms with Crippen LogP contribution in [0.2, 0.25) is 0 Å². The maximum atomic E-state index is 13.5. The largest absolute Gasteiger partial charge is 0.391 e. The van der Waals surface area contributed by atoms with Gasteiger partial charge in [0.2, 0.25) is 11.8 Å². The normalized spacial score (nSPS) is 16.2. The Balaban J connectivity index is 1.50. The van der Waals surface area contributed by atoms with Crippen molar-refractivity contribution in [3.63, 3.8) is 0 Å². The summed E-state index contributed by atoms with van der Waals surface area (Å²) in [7, 11) is 0. The molecule has 10 heteroatoms. The van der Waals surface area contributed by atoms with Gasteiger partial charge in [-0.3, -0.25) is 19.0 Å². The second-order valence-electron chi connectivity index (χ2n) is 11.8. The number of rotatable bonds is 15. The third-order valence-electron chi connectivity index (χ3n) is 8.29. The Labute approximate surface area is 249 Å². The summed E-state index contributed by atoms with van der Waals surface area (Å²) >= 11 is 0. The molecule has 3 heterocycles. The first-order chi connectivity index (χ1) is 20.4. The Morgan fingerprint density at radius 2 is 1.95 bits per heavy atom. The van der Waals surface area contributed by atoms with Crippen LogP contribution in [0.15, 0.2) is 30.7 Å². The molecule has 0 aromatic carbocycles. The number of aliphatic hydroxyl groups is 1. The molecule has 1 aliphatic rings. The van der Waals surface area contributed by atoms with E-state index >= 15 is 0 Å². The number of amides is 2. The van der Waals surface area contributed by atoms with E-state index in [4.69, 9.17) is 4.98 Å². The Hall–Kier alpha value is -3.40. The third-order valence-corrected chi connectivity index (χ3v) is 8.29. The van der Waals surface area contributed by atoms with Crippen LogP contribution in [0.3, 0.4) is 0 Å². The maximum Gasteiger partial charge on any atom is 0.227 e. The van der Waals surface area contributed by atoms with Crippen LogP contribution in [-0.2, 0) is 22.4 Å². The Kier molecular flexibility index (Phi) is 11.8. The van der Waals surface area contributed by atoms with Crippen molar-refractivity contribution in [1.82, 2.24) is 35.2 Å². The molecule has 2 amide bonds. The molecule has 4 rings (SSSR count). The first-order valence-corrected chi connectivity index (χ1v) is 15.8. The fourth-order valence-corrected chi connectivity index (χ4v) is 5.87. The minimum absolute atomic E-state index is 0.0180. The van der Waals surface area contributed by atoms with Gasteiger partial charge >= 0.3 is 0 Å². The lowest BCUT2D eigenvalue weighted by molar-refractivity contribution is -0.125. The molecule has 1 saturated carbocycles. The molecule has 0 spiro atoms. The molecule has 0 aliphatic heterocycles. The van der Waals surface area contributed by atoms with Gasteiger partial charge in [0, 0.05) is 36.6 Å². The van der Waals surface area contributed by atoms with Crippen LogP contribution in [-0.4, -0.2) is 60.2 Å². The molecule has 3 N–H and O–H groups in total. The maximum absolute atomic E-state index is 13.5. The predicted octanol–water partition coefficient (Wildman–Crippen LogP) is 4.44. The fraction of sp³-hybridized carbons (Fsp3) is 0.625. The van der Waals surface area contributed by atoms with E-state index in [1.54, 1.807) is 12.4 Å². The molecule has 0 bridgehead atoms. The molecule has 3 atom stereocenters. The molecule has 3 aromatic rings. The second-order valence-corrected chi connectivity index (χ2v) is 11.8. The van der Waals surface area contributed by atoms with E-state index in [-0.39, 0.29) is 24.2 Å². The smallest absolute Gasteiger partial charge is 0.227 e. The number of carbonyl (C=O) groups excluding carboxylic acids is 2. The van der Waals surface area contributed by atoms with E-state index in [1.807, 2.05) is 29.7 Å². The standard InChI is InChI=1S/C32H47N7O3/c1-4-6-16-34-32(42)22(3)17-28(40)26(18-23-12-8-7-9-13-23)36-30(41)19-29-37-38-31-25(11-5-2)35-27(21-39(29)31)24-14-10-15-33-20-24/h10,14-15,20-23,26,28,40H,4-9,11-13,16-19H2,1-3H3,(H,34,42)(H,36,41)/t22?,26-,28-/m0/s1. The predicted molar refractivity (Wildman–Crippen MR) is 163 cm³/mol. The van der Waals surface area contributed by atoms with E-state index in [9.17, 15) is 14.7 Å². The quantitative estimate of drug-likeness (QED) is 0.227. The molecule has 3 aromatic heterocycles. The number of pyridine rings is 1. The van der Waals surface area contributed by atoms with Crippen LogP contribution in [0.4, 0.5) is 0 Å². The van der Waals surface area contributed by atoms with E-state index < -0.39 is 12.1 Å². The van der Waals surface area contributed by atoms with E-state index in [0.29, 0.717) is 36.8 Å². The monoisotopic (exact) mass is 577 g/mol. The molecule has 1 fully saturated rings. The highest BCUT2D eigenvalue weighted by Crippen LogP contribution is 2.29. The number of aliphatic hydroxyl groups excluding tert-OH is 1. The SMILES string of the molecule is CCCCNC(=O)C(C)C[C@H](O)[C@H](CC1CCCCC1)NC(=O)Cc1nnc2c(CCC)nc(-c3cccnc3)cn12. The van der Waals surface area contributed by atoms with Crippen molar-refractivity contribution in [3.8, 4) is 11.3 Å². The zero-order valence-corrected chi connectivity index (χ0v) is 25.4. The third kappa shape index (κ3) is 8.56. The lowest BCUT2D eigenvalue weighted by Crippen LogP contribution is -2.47. The zero-order chi connectivity index (χ0) is 29.9. The van der Waals surface area contributed by atoms with Crippen molar-refractivity contribution in [3.05, 3.63) is 42.2 Å². The summed E-state index contributed by atoms with van der Waals surface area (Å²) in [6.45, 7) is 6.66. The fourth-order valence-electron chi connectivity index (χ4n) is 5.87. The van der Waals surface area contributed by atoms with Crippen LogP contribution in [0.1, 0.15) is 96.5 Å². The van der Waals surface area contributed by atoms with Gasteiger partial charge in [-0.15, -0.1) is 10.2 Å². The highest BCUT2D eigenvalue weighted by atomic mass is 16.3. The average molecular weight is 578 g/mol. The van der Waals surface area contributed by atoms with Gasteiger partial charge in [-0.2, -0.15) is 0 Å². The number of nitrogens with zero attached hydrogens (tertiary/aromatic N) is 5. The van der Waals surface area contributed by atoms with E-state index in [2.05, 4.69) is 39.7 Å². The minimum Gasteiger partial charge on any atom is -0.391 e. The summed E-state index contributed by atoms with van der Waals surface area (Å²) in [5.74, 6) is 0.341. The summed E-state index contributed by atoms with van der Waals surface area (Å²) in [5, 5.41) is 26.1. The van der Waals surface area contributed by atoms with Crippen molar-refractivity contribution in [2.45, 2.75) is 110 Å². The Bertz CT molecular complexity index is 1290. The zero-order valence-electron chi connectivity index (χ0n) is 25.4. The number of carbonyl (C=O) groups is 2. The van der Waals surface area contributed by atoms with Gasteiger partial charge in [-0.25, -0.2) is 4.98 Å². The van der Waals surface area contributed by atoms with E-state index in [0.717, 1.165) is 55.5 Å². The highest BCUT2D eigenvalue weighted by molar-refractivity contribution is 5.79. The molecule has 228 valence electrons. The van der Waals surface area contributed by atoms with Crippen molar-refractivity contribution in [2.75, 3.05) is 6.54 Å². The molecule has 1 unspecified atom stereocenters. The Morgan fingerprint density at radius 1 is 1.14 bits per heavy atom. The van der Waals surface area contributed by atoms with Gasteiger partial charge in [0.15, 0.2) is 5.65 Å². The summed E-state index contributed by atoms with van der Waals surface area (Å²) in [6.07, 6.45) is 14.9. The number of aryl methyl sites for hydroxylation is 1. The van der Waals surface area contributed by atoms with Crippen molar-refractivity contribution < 1.29 is 14.7 Å². The lowest BCUT2D eigenvalue weighted by Gasteiger charge is -2.31. The summed E-state index contributed by atoms with van der Waals surface area (Å²) in [4.78, 5) is 35.1. The van der Waals surface area contributed by atoms with Gasteiger partial charge in [0.1, 0.15) is 5.82 Å². The van der Waals surface area contributed by atoms with Gasteiger partial charge < -0.3 is 15.7 Å². The van der Waals surface area contributed by atoms with Crippen molar-refractivity contribution >= 4 is 17.5 Å². The van der Waals surface area contributed by atoms with Crippen molar-refractivity contribution in [2.24, 2.45) is 11.8 Å².